The highest BCUT2D eigenvalue weighted by Gasteiger charge is 2.42. The summed E-state index contributed by atoms with van der Waals surface area (Å²) in [7, 11) is 0. The van der Waals surface area contributed by atoms with Gasteiger partial charge in [-0.25, -0.2) is 0 Å². The van der Waals surface area contributed by atoms with Gasteiger partial charge in [0.25, 0.3) is 5.54 Å². The number of carbonyl (C=O) groups is 1. The monoisotopic (exact) mass is 181 g/mol. The lowest BCUT2D eigenvalue weighted by Crippen LogP contribution is -2.41. The fourth-order valence-corrected chi connectivity index (χ4v) is 1.26. The van der Waals surface area contributed by atoms with Gasteiger partial charge in [0.05, 0.1) is 0 Å². The number of nitro groups is 1. The second-order valence-corrected chi connectivity index (χ2v) is 3.37. The first-order valence-corrected chi connectivity index (χ1v) is 4.06. The zero-order chi connectivity index (χ0) is 10.1. The Kier molecular flexibility index (Phi) is 2.32. The molecule has 0 bridgehead atoms. The molecule has 0 unspecified atom stereocenters. The van der Waals surface area contributed by atoms with Crippen molar-refractivity contribution >= 4 is 5.78 Å². The Morgan fingerprint density at radius 3 is 2.15 bits per heavy atom. The Hall–Kier alpha value is -1.45. The predicted molar refractivity (Wildman–Crippen MR) is 47.9 cm³/mol. The van der Waals surface area contributed by atoms with Crippen LogP contribution in [0.2, 0.25) is 0 Å². The van der Waals surface area contributed by atoms with Gasteiger partial charge in [0.2, 0.25) is 0 Å². The molecule has 0 aromatic carbocycles. The molecule has 1 rings (SSSR count). The average molecular weight is 181 g/mol. The van der Waals surface area contributed by atoms with Crippen LogP contribution in [0.4, 0.5) is 0 Å². The number of ketones is 1. The summed E-state index contributed by atoms with van der Waals surface area (Å²) in [6.45, 7) is 3.51. The van der Waals surface area contributed by atoms with Crippen LogP contribution in [0.25, 0.3) is 0 Å². The molecule has 0 heterocycles. The summed E-state index contributed by atoms with van der Waals surface area (Å²) in [5.74, 6) is -0.360. The Bertz CT molecular complexity index is 286. The van der Waals surface area contributed by atoms with Crippen LogP contribution in [0.3, 0.4) is 0 Å². The smallest absolute Gasteiger partial charge is 0.261 e. The summed E-state index contributed by atoms with van der Waals surface area (Å²) in [6, 6.07) is 0. The summed E-state index contributed by atoms with van der Waals surface area (Å²) in [5.41, 5.74) is -1.20. The number of hydrogen-bond donors (Lipinski definition) is 0. The van der Waals surface area contributed by atoms with Gasteiger partial charge in [0.1, 0.15) is 0 Å². The highest BCUT2D eigenvalue weighted by Crippen LogP contribution is 2.26. The molecule has 0 aliphatic heterocycles. The van der Waals surface area contributed by atoms with E-state index in [0.717, 1.165) is 0 Å². The molecule has 0 fully saturated rings. The summed E-state index contributed by atoms with van der Waals surface area (Å²) in [6.07, 6.45) is 5.23. The zero-order valence-electron chi connectivity index (χ0n) is 7.56. The van der Waals surface area contributed by atoms with Gasteiger partial charge in [-0.2, -0.15) is 0 Å². The van der Waals surface area contributed by atoms with Crippen LogP contribution in [0.1, 0.15) is 13.8 Å². The van der Waals surface area contributed by atoms with Crippen LogP contribution in [0.15, 0.2) is 24.3 Å². The van der Waals surface area contributed by atoms with Crippen molar-refractivity contribution in [1.82, 2.24) is 0 Å². The first-order valence-electron chi connectivity index (χ1n) is 4.06. The number of rotatable bonds is 2. The molecular formula is C9H11NO3. The molecule has 0 saturated heterocycles. The second-order valence-electron chi connectivity index (χ2n) is 3.37. The first-order chi connectivity index (χ1) is 5.99. The molecule has 70 valence electrons. The van der Waals surface area contributed by atoms with E-state index in [1.54, 1.807) is 13.8 Å². The van der Waals surface area contributed by atoms with Gasteiger partial charge < -0.3 is 0 Å². The van der Waals surface area contributed by atoms with Crippen molar-refractivity contribution in [2.45, 2.75) is 19.4 Å². The average Bonchev–Trinajstić information content (AvgIpc) is 2.04. The van der Waals surface area contributed by atoms with Gasteiger partial charge in [-0.3, -0.25) is 14.9 Å². The van der Waals surface area contributed by atoms with E-state index in [0.29, 0.717) is 0 Å². The molecular weight excluding hydrogens is 170 g/mol. The molecule has 0 atom stereocenters. The number of carbonyl (C=O) groups excluding carboxylic acids is 1. The SMILES string of the molecule is CC(C)C1([N+](=O)[O-])C=CC(=O)C=C1. The van der Waals surface area contributed by atoms with Crippen molar-refractivity contribution < 1.29 is 9.72 Å². The molecule has 0 aromatic rings. The van der Waals surface area contributed by atoms with E-state index in [9.17, 15) is 14.9 Å². The van der Waals surface area contributed by atoms with Crippen LogP contribution in [0.5, 0.6) is 0 Å². The maximum Gasteiger partial charge on any atom is 0.261 e. The summed E-state index contributed by atoms with van der Waals surface area (Å²) in [5, 5.41) is 10.8. The third-order valence-electron chi connectivity index (χ3n) is 2.27. The van der Waals surface area contributed by atoms with Crippen molar-refractivity contribution in [3.05, 3.63) is 34.4 Å². The fourth-order valence-electron chi connectivity index (χ4n) is 1.26. The van der Waals surface area contributed by atoms with Crippen molar-refractivity contribution in [1.29, 1.82) is 0 Å². The van der Waals surface area contributed by atoms with Crippen LogP contribution < -0.4 is 0 Å². The minimum Gasteiger partial charge on any atom is -0.290 e. The van der Waals surface area contributed by atoms with E-state index in [1.165, 1.54) is 24.3 Å². The quantitative estimate of drug-likeness (QED) is 0.477. The second kappa shape index (κ2) is 3.12. The number of hydrogen-bond acceptors (Lipinski definition) is 3. The van der Waals surface area contributed by atoms with Gasteiger partial charge in [0, 0.05) is 23.0 Å². The van der Waals surface area contributed by atoms with E-state index in [4.69, 9.17) is 0 Å². The molecule has 4 heteroatoms. The third-order valence-corrected chi connectivity index (χ3v) is 2.27. The van der Waals surface area contributed by atoms with Crippen molar-refractivity contribution in [3.8, 4) is 0 Å². The molecule has 13 heavy (non-hydrogen) atoms. The lowest BCUT2D eigenvalue weighted by atomic mass is 9.83. The molecule has 0 N–H and O–H groups in total. The predicted octanol–water partition coefficient (Wildman–Crippen LogP) is 1.35. The Labute approximate surface area is 76.1 Å². The molecule has 1 aliphatic carbocycles. The van der Waals surface area contributed by atoms with Gasteiger partial charge in [-0.15, -0.1) is 0 Å². The third kappa shape index (κ3) is 1.52. The number of nitrogens with zero attached hydrogens (tertiary/aromatic N) is 1. The Morgan fingerprint density at radius 2 is 1.85 bits per heavy atom. The Balaban J connectivity index is 3.08. The Morgan fingerprint density at radius 1 is 1.38 bits per heavy atom. The van der Waals surface area contributed by atoms with Gasteiger partial charge in [-0.05, 0) is 12.2 Å². The molecule has 0 spiro atoms. The van der Waals surface area contributed by atoms with Crippen molar-refractivity contribution in [3.63, 3.8) is 0 Å². The summed E-state index contributed by atoms with van der Waals surface area (Å²) in [4.78, 5) is 21.3. The van der Waals surface area contributed by atoms with Crippen molar-refractivity contribution in [2.75, 3.05) is 0 Å². The largest absolute Gasteiger partial charge is 0.290 e. The topological polar surface area (TPSA) is 60.2 Å². The van der Waals surface area contributed by atoms with Crippen LogP contribution in [-0.4, -0.2) is 16.2 Å². The molecule has 0 aromatic heterocycles. The van der Waals surface area contributed by atoms with Crippen LogP contribution >= 0.6 is 0 Å². The first kappa shape index (κ1) is 9.64. The van der Waals surface area contributed by atoms with Gasteiger partial charge in [-0.1, -0.05) is 13.8 Å². The van der Waals surface area contributed by atoms with Crippen LogP contribution in [0, 0.1) is 16.0 Å². The van der Waals surface area contributed by atoms with E-state index in [2.05, 4.69) is 0 Å². The van der Waals surface area contributed by atoms with Crippen LogP contribution in [-0.2, 0) is 4.79 Å². The van der Waals surface area contributed by atoms with E-state index in [-0.39, 0.29) is 16.6 Å². The molecule has 0 radical (unpaired) electrons. The lowest BCUT2D eigenvalue weighted by molar-refractivity contribution is -0.549. The van der Waals surface area contributed by atoms with Crippen molar-refractivity contribution in [2.24, 2.45) is 5.92 Å². The van der Waals surface area contributed by atoms with E-state index < -0.39 is 5.54 Å². The molecule has 1 aliphatic rings. The highest BCUT2D eigenvalue weighted by molar-refractivity contribution is 6.00. The summed E-state index contributed by atoms with van der Waals surface area (Å²) < 4.78 is 0. The van der Waals surface area contributed by atoms with E-state index in [1.807, 2.05) is 0 Å². The maximum absolute atomic E-state index is 10.8. The minimum absolute atomic E-state index is 0.164. The zero-order valence-corrected chi connectivity index (χ0v) is 7.56. The highest BCUT2D eigenvalue weighted by atomic mass is 16.6. The minimum atomic E-state index is -1.20. The fraction of sp³-hybridized carbons (Fsp3) is 0.444. The maximum atomic E-state index is 10.8. The lowest BCUT2D eigenvalue weighted by Gasteiger charge is -2.23. The summed E-state index contributed by atoms with van der Waals surface area (Å²) >= 11 is 0. The molecule has 4 nitrogen and oxygen atoms in total. The number of allylic oxidation sites excluding steroid dienone is 2. The van der Waals surface area contributed by atoms with Gasteiger partial charge in [0.15, 0.2) is 5.78 Å². The van der Waals surface area contributed by atoms with Gasteiger partial charge >= 0.3 is 0 Å². The molecule has 0 saturated carbocycles. The normalized spacial score (nSPS) is 19.5. The van der Waals surface area contributed by atoms with E-state index >= 15 is 0 Å². The standard InChI is InChI=1S/C9H11NO3/c1-7(2)9(10(12)13)5-3-8(11)4-6-9/h3-7H,1-2H3. The molecule has 0 amide bonds.